The summed E-state index contributed by atoms with van der Waals surface area (Å²) in [5.41, 5.74) is 0. The number of likely N-dealkylation sites (N-methyl/N-ethyl adjacent to an activating group) is 1. The van der Waals surface area contributed by atoms with Crippen LogP contribution in [0.3, 0.4) is 0 Å². The van der Waals surface area contributed by atoms with Crippen molar-refractivity contribution in [3.8, 4) is 0 Å². The Kier molecular flexibility index (Phi) is 42.7. The van der Waals surface area contributed by atoms with E-state index in [1.54, 1.807) is 7.05 Å². The van der Waals surface area contributed by atoms with Gasteiger partial charge in [-0.25, -0.2) is 4.57 Å². The number of phosphoric ester groups is 1. The number of allylic oxidation sites excluding steroid dienone is 18. The van der Waals surface area contributed by atoms with Crippen LogP contribution in [0, 0.1) is 0 Å². The van der Waals surface area contributed by atoms with Crippen molar-refractivity contribution in [3.05, 3.63) is 109 Å². The molecule has 0 saturated carbocycles. The fourth-order valence-electron chi connectivity index (χ4n) is 5.40. The summed E-state index contributed by atoms with van der Waals surface area (Å²) in [5.74, 6) is -0.950. The lowest BCUT2D eigenvalue weighted by Gasteiger charge is -2.20. The normalized spacial score (nSPS) is 14.3. The fraction of sp³-hybridized carbons (Fsp3) is 0.600. The van der Waals surface area contributed by atoms with Crippen LogP contribution in [0.15, 0.2) is 109 Å². The molecule has 0 heterocycles. The molecule has 0 rings (SSSR count). The minimum absolute atomic E-state index is 0.0410. The summed E-state index contributed by atoms with van der Waals surface area (Å²) in [6, 6.07) is 0. The second-order valence-electron chi connectivity index (χ2n) is 14.5. The number of esters is 2. The van der Waals surface area contributed by atoms with Crippen LogP contribution in [0.1, 0.15) is 155 Å². The molecule has 60 heavy (non-hydrogen) atoms. The van der Waals surface area contributed by atoms with Gasteiger partial charge in [-0.1, -0.05) is 155 Å². The summed E-state index contributed by atoms with van der Waals surface area (Å²) < 4.78 is 33.1. The van der Waals surface area contributed by atoms with Gasteiger partial charge in [0, 0.05) is 19.4 Å². The summed E-state index contributed by atoms with van der Waals surface area (Å²) in [6.07, 6.45) is 58.6. The second kappa shape index (κ2) is 45.2. The van der Waals surface area contributed by atoms with E-state index in [1.165, 1.54) is 51.4 Å². The van der Waals surface area contributed by atoms with Crippen LogP contribution in [0.2, 0.25) is 0 Å². The Hall–Kier alpha value is -3.33. The Morgan fingerprint density at radius 2 is 0.933 bits per heavy atom. The first kappa shape index (κ1) is 56.7. The molecule has 0 spiro atoms. The van der Waals surface area contributed by atoms with Gasteiger partial charge in [0.05, 0.1) is 13.2 Å². The number of phosphoric acid groups is 1. The maximum Gasteiger partial charge on any atom is 0.472 e. The number of ether oxygens (including phenoxy) is 2. The molecule has 0 radical (unpaired) electrons. The molecule has 2 atom stereocenters. The van der Waals surface area contributed by atoms with Crippen molar-refractivity contribution in [2.24, 2.45) is 0 Å². The van der Waals surface area contributed by atoms with Crippen LogP contribution in [0.4, 0.5) is 0 Å². The molecule has 10 heteroatoms. The van der Waals surface area contributed by atoms with E-state index in [-0.39, 0.29) is 26.1 Å². The zero-order valence-electron chi connectivity index (χ0n) is 37.6. The van der Waals surface area contributed by atoms with Crippen LogP contribution in [0.5, 0.6) is 0 Å². The first-order valence-corrected chi connectivity index (χ1v) is 24.3. The van der Waals surface area contributed by atoms with Gasteiger partial charge in [-0.2, -0.15) is 0 Å². The van der Waals surface area contributed by atoms with Gasteiger partial charge in [0.2, 0.25) is 0 Å². The summed E-state index contributed by atoms with van der Waals surface area (Å²) >= 11 is 0. The van der Waals surface area contributed by atoms with Crippen molar-refractivity contribution < 1.29 is 37.6 Å². The minimum Gasteiger partial charge on any atom is -0.462 e. The predicted octanol–water partition coefficient (Wildman–Crippen LogP) is 13.4. The summed E-state index contributed by atoms with van der Waals surface area (Å²) in [7, 11) is -2.70. The molecule has 0 amide bonds. The molecular weight excluding hydrogens is 774 g/mol. The van der Waals surface area contributed by atoms with E-state index < -0.39 is 32.5 Å². The highest BCUT2D eigenvalue weighted by molar-refractivity contribution is 7.47. The molecule has 0 aromatic carbocycles. The Morgan fingerprint density at radius 3 is 1.37 bits per heavy atom. The topological polar surface area (TPSA) is 120 Å². The molecule has 0 aromatic rings. The van der Waals surface area contributed by atoms with Gasteiger partial charge in [-0.05, 0) is 103 Å². The smallest absolute Gasteiger partial charge is 0.462 e. The Balaban J connectivity index is 4.41. The van der Waals surface area contributed by atoms with Crippen LogP contribution in [0.25, 0.3) is 0 Å². The van der Waals surface area contributed by atoms with Gasteiger partial charge in [-0.3, -0.25) is 18.6 Å². The summed E-state index contributed by atoms with van der Waals surface area (Å²) in [6.45, 7) is 4.02. The van der Waals surface area contributed by atoms with Gasteiger partial charge in [-0.15, -0.1) is 0 Å². The highest BCUT2D eigenvalue weighted by Gasteiger charge is 2.26. The van der Waals surface area contributed by atoms with E-state index in [2.05, 4.69) is 116 Å². The Labute approximate surface area is 365 Å². The van der Waals surface area contributed by atoms with E-state index in [4.69, 9.17) is 18.5 Å². The van der Waals surface area contributed by atoms with Crippen molar-refractivity contribution in [1.29, 1.82) is 0 Å². The van der Waals surface area contributed by atoms with Gasteiger partial charge in [0.1, 0.15) is 6.61 Å². The molecule has 0 aromatic heterocycles. The molecule has 0 bridgehead atoms. The summed E-state index contributed by atoms with van der Waals surface area (Å²) in [4.78, 5) is 35.1. The van der Waals surface area contributed by atoms with Crippen LogP contribution >= 0.6 is 7.82 Å². The van der Waals surface area contributed by atoms with E-state index in [1.807, 2.05) is 12.2 Å². The molecule has 0 aliphatic rings. The number of hydrogen-bond acceptors (Lipinski definition) is 8. The number of unbranched alkanes of at least 4 members (excludes halogenated alkanes) is 9. The number of carbonyl (C=O) groups is 2. The first-order valence-electron chi connectivity index (χ1n) is 22.8. The van der Waals surface area contributed by atoms with Gasteiger partial charge in [0.15, 0.2) is 6.10 Å². The van der Waals surface area contributed by atoms with Crippen molar-refractivity contribution in [1.82, 2.24) is 5.32 Å². The van der Waals surface area contributed by atoms with E-state index in [0.29, 0.717) is 19.4 Å². The first-order chi connectivity index (χ1) is 29.3. The Morgan fingerprint density at radius 1 is 0.517 bits per heavy atom. The van der Waals surface area contributed by atoms with Crippen molar-refractivity contribution in [3.63, 3.8) is 0 Å². The average molecular weight is 856 g/mol. The average Bonchev–Trinajstić information content (AvgIpc) is 3.23. The summed E-state index contributed by atoms with van der Waals surface area (Å²) in [5, 5.41) is 2.81. The minimum atomic E-state index is -4.39. The third kappa shape index (κ3) is 44.2. The monoisotopic (exact) mass is 856 g/mol. The Bertz CT molecular complexity index is 1340. The fourth-order valence-corrected chi connectivity index (χ4v) is 6.15. The molecule has 0 saturated heterocycles. The van der Waals surface area contributed by atoms with Gasteiger partial charge < -0.3 is 19.7 Å². The number of carbonyl (C=O) groups excluding carboxylic acids is 2. The highest BCUT2D eigenvalue weighted by atomic mass is 31.2. The molecular formula is C50H82NO8P. The molecule has 0 aliphatic heterocycles. The largest absolute Gasteiger partial charge is 0.472 e. The predicted molar refractivity (Wildman–Crippen MR) is 252 cm³/mol. The van der Waals surface area contributed by atoms with Crippen LogP contribution in [-0.4, -0.2) is 56.3 Å². The van der Waals surface area contributed by atoms with E-state index >= 15 is 0 Å². The molecule has 0 aliphatic carbocycles. The highest BCUT2D eigenvalue weighted by Crippen LogP contribution is 2.43. The quantitative estimate of drug-likeness (QED) is 0.0268. The van der Waals surface area contributed by atoms with Crippen LogP contribution in [-0.2, 0) is 32.7 Å². The van der Waals surface area contributed by atoms with E-state index in [0.717, 1.165) is 64.2 Å². The standard InChI is InChI=1S/C50H82NO8P/c1-4-6-8-10-12-14-16-18-20-22-24-26-28-30-32-34-36-38-40-42-49(52)56-46-48(47-58-60(54,55)57-45-44-51-3)59-50(53)43-41-39-37-35-33-31-29-27-25-23-21-19-17-15-13-11-9-7-5-2/h12-15,18-21,24-27,30-33,36,38,48,51H,4-11,16-17,22-23,28-29,34-35,37,39-47H2,1-3H3,(H,54,55)/b14-12-,15-13-,20-18-,21-19-,26-24-,27-25-,32-30-,33-31-,38-36-. The zero-order chi connectivity index (χ0) is 43.9. The maximum absolute atomic E-state index is 12.6. The third-order valence-electron chi connectivity index (χ3n) is 8.88. The third-order valence-corrected chi connectivity index (χ3v) is 9.86. The lowest BCUT2D eigenvalue weighted by Crippen LogP contribution is -2.29. The zero-order valence-corrected chi connectivity index (χ0v) is 38.5. The molecule has 2 unspecified atom stereocenters. The van der Waals surface area contributed by atoms with Crippen molar-refractivity contribution >= 4 is 19.8 Å². The molecule has 0 fully saturated rings. The van der Waals surface area contributed by atoms with Crippen molar-refractivity contribution in [2.45, 2.75) is 161 Å². The lowest BCUT2D eigenvalue weighted by molar-refractivity contribution is -0.161. The number of rotatable bonds is 41. The number of nitrogens with one attached hydrogen (secondary N) is 1. The van der Waals surface area contributed by atoms with E-state index in [9.17, 15) is 19.0 Å². The SMILES string of the molecule is CCCCC/C=C\C/C=C\C/C=C\C/C=C\C/C=C\CCC(=O)OCC(COP(=O)(O)OCCNC)OC(=O)CCCCC/C=C\C/C=C\C/C=C\C/C=C\CCCCC. The van der Waals surface area contributed by atoms with Gasteiger partial charge >= 0.3 is 19.8 Å². The molecule has 340 valence electrons. The van der Waals surface area contributed by atoms with Gasteiger partial charge in [0.25, 0.3) is 0 Å². The van der Waals surface area contributed by atoms with Crippen LogP contribution < -0.4 is 5.32 Å². The maximum atomic E-state index is 12.6. The lowest BCUT2D eigenvalue weighted by atomic mass is 10.1. The van der Waals surface area contributed by atoms with Crippen molar-refractivity contribution in [2.75, 3.05) is 33.4 Å². The number of hydrogen-bond donors (Lipinski definition) is 2. The molecule has 2 N–H and O–H groups in total. The molecule has 9 nitrogen and oxygen atoms in total. The second-order valence-corrected chi connectivity index (χ2v) is 16.0.